The van der Waals surface area contributed by atoms with E-state index in [2.05, 4.69) is 47.6 Å². The number of carbonyl (C=O) groups excluding carboxylic acids is 2. The van der Waals surface area contributed by atoms with Crippen LogP contribution in [0.25, 0.3) is 0 Å². The van der Waals surface area contributed by atoms with E-state index in [1.54, 1.807) is 7.11 Å². The van der Waals surface area contributed by atoms with Gasteiger partial charge in [0.05, 0.1) is 25.7 Å². The first kappa shape index (κ1) is 29.8. The SMILES string of the molecule is COCC[C@@]1(C)[C@@H]2CC[C@]3(C)C(=CC(=O)[C@@H]4[C@@H]5CC(C)(C)CC[C@]5(C(=O)OC)CC[C@]43C)[C@@]2(C)CCC12OCCO2. The highest BCUT2D eigenvalue weighted by molar-refractivity contribution is 5.96. The lowest BCUT2D eigenvalue weighted by Crippen LogP contribution is -2.68. The third kappa shape index (κ3) is 3.71. The van der Waals surface area contributed by atoms with E-state index in [1.165, 1.54) is 12.7 Å². The molecule has 6 rings (SSSR count). The molecule has 8 atom stereocenters. The average Bonchev–Trinajstić information content (AvgIpc) is 3.41. The molecule has 0 amide bonds. The quantitative estimate of drug-likeness (QED) is 0.343. The maximum absolute atomic E-state index is 14.7. The molecule has 0 unspecified atom stereocenters. The predicted molar refractivity (Wildman–Crippen MR) is 157 cm³/mol. The van der Waals surface area contributed by atoms with Crippen molar-refractivity contribution in [1.82, 2.24) is 0 Å². The van der Waals surface area contributed by atoms with Crippen molar-refractivity contribution in [3.63, 3.8) is 0 Å². The van der Waals surface area contributed by atoms with E-state index in [0.717, 1.165) is 64.2 Å². The van der Waals surface area contributed by atoms with Crippen molar-refractivity contribution < 1.29 is 28.5 Å². The van der Waals surface area contributed by atoms with E-state index >= 15 is 0 Å². The van der Waals surface area contributed by atoms with Crippen molar-refractivity contribution in [3.05, 3.63) is 11.6 Å². The van der Waals surface area contributed by atoms with Gasteiger partial charge >= 0.3 is 5.97 Å². The highest BCUT2D eigenvalue weighted by Gasteiger charge is 2.73. The highest BCUT2D eigenvalue weighted by Crippen LogP contribution is 2.76. The zero-order valence-corrected chi connectivity index (χ0v) is 27.0. The Morgan fingerprint density at radius 3 is 2.27 bits per heavy atom. The molecule has 1 aliphatic heterocycles. The molecule has 0 bridgehead atoms. The molecule has 0 aromatic carbocycles. The second-order valence-electron chi connectivity index (χ2n) is 16.4. The van der Waals surface area contributed by atoms with Gasteiger partial charge < -0.3 is 18.9 Å². The Morgan fingerprint density at radius 2 is 1.61 bits per heavy atom. The molecule has 1 saturated heterocycles. The summed E-state index contributed by atoms with van der Waals surface area (Å²) in [5.41, 5.74) is 0.290. The molecule has 1 heterocycles. The number of ether oxygens (including phenoxy) is 4. The molecule has 230 valence electrons. The van der Waals surface area contributed by atoms with Crippen LogP contribution in [-0.2, 0) is 28.5 Å². The lowest BCUT2D eigenvalue weighted by Gasteiger charge is -2.71. The van der Waals surface area contributed by atoms with Gasteiger partial charge in [0, 0.05) is 31.5 Å². The number of methoxy groups -OCH3 is 2. The van der Waals surface area contributed by atoms with E-state index < -0.39 is 11.2 Å². The van der Waals surface area contributed by atoms with Gasteiger partial charge in [0.25, 0.3) is 0 Å². The van der Waals surface area contributed by atoms with Crippen LogP contribution >= 0.6 is 0 Å². The first-order chi connectivity index (χ1) is 19.2. The molecular weight excluding hydrogens is 516 g/mol. The average molecular weight is 571 g/mol. The highest BCUT2D eigenvalue weighted by atomic mass is 16.7. The first-order valence-electron chi connectivity index (χ1n) is 16.3. The minimum atomic E-state index is -0.576. The van der Waals surface area contributed by atoms with Gasteiger partial charge in [-0.1, -0.05) is 47.1 Å². The second-order valence-corrected chi connectivity index (χ2v) is 16.4. The number of hydrogen-bond acceptors (Lipinski definition) is 6. The van der Waals surface area contributed by atoms with Gasteiger partial charge in [-0.05, 0) is 97.4 Å². The summed E-state index contributed by atoms with van der Waals surface area (Å²) in [6.07, 6.45) is 11.3. The Hall–Kier alpha value is -1.24. The Balaban J connectivity index is 1.45. The van der Waals surface area contributed by atoms with Crippen LogP contribution in [-0.4, -0.2) is 51.6 Å². The number of allylic oxidation sites excluding steroid dienone is 2. The fourth-order valence-electron chi connectivity index (χ4n) is 11.9. The van der Waals surface area contributed by atoms with Gasteiger partial charge in [-0.15, -0.1) is 0 Å². The van der Waals surface area contributed by atoms with Crippen molar-refractivity contribution in [1.29, 1.82) is 0 Å². The molecule has 5 aliphatic carbocycles. The number of hydrogen-bond donors (Lipinski definition) is 0. The molecule has 1 spiro atoms. The molecule has 0 radical (unpaired) electrons. The molecule has 0 aromatic rings. The third-order valence-electron chi connectivity index (χ3n) is 14.5. The Bertz CT molecular complexity index is 1140. The minimum absolute atomic E-state index is 0.0204. The molecule has 0 N–H and O–H groups in total. The molecular formula is C35H54O6. The van der Waals surface area contributed by atoms with E-state index in [9.17, 15) is 9.59 Å². The number of fused-ring (bicyclic) bond motifs is 7. The van der Waals surface area contributed by atoms with Crippen LogP contribution < -0.4 is 0 Å². The molecule has 4 saturated carbocycles. The van der Waals surface area contributed by atoms with Gasteiger partial charge in [-0.25, -0.2) is 0 Å². The molecule has 5 fully saturated rings. The van der Waals surface area contributed by atoms with Crippen molar-refractivity contribution in [2.45, 2.75) is 112 Å². The smallest absolute Gasteiger partial charge is 0.312 e. The number of ketones is 1. The largest absolute Gasteiger partial charge is 0.469 e. The molecule has 6 heteroatoms. The predicted octanol–water partition coefficient (Wildman–Crippen LogP) is 6.90. The van der Waals surface area contributed by atoms with Crippen molar-refractivity contribution in [2.75, 3.05) is 34.0 Å². The Labute approximate surface area is 247 Å². The minimum Gasteiger partial charge on any atom is -0.469 e. The zero-order chi connectivity index (χ0) is 29.7. The normalized spacial score (nSPS) is 48.0. The monoisotopic (exact) mass is 570 g/mol. The summed E-state index contributed by atoms with van der Waals surface area (Å²) in [7, 11) is 3.31. The third-order valence-corrected chi connectivity index (χ3v) is 14.5. The summed E-state index contributed by atoms with van der Waals surface area (Å²) in [6.45, 7) is 16.3. The zero-order valence-electron chi connectivity index (χ0n) is 27.0. The van der Waals surface area contributed by atoms with E-state index in [1.807, 2.05) is 0 Å². The maximum atomic E-state index is 14.7. The second kappa shape index (κ2) is 9.38. The van der Waals surface area contributed by atoms with Crippen molar-refractivity contribution in [2.24, 2.45) is 50.2 Å². The van der Waals surface area contributed by atoms with Crippen molar-refractivity contribution in [3.8, 4) is 0 Å². The summed E-state index contributed by atoms with van der Waals surface area (Å²) < 4.78 is 24.1. The van der Waals surface area contributed by atoms with Gasteiger partial charge in [-0.3, -0.25) is 9.59 Å². The van der Waals surface area contributed by atoms with E-state index in [4.69, 9.17) is 18.9 Å². The van der Waals surface area contributed by atoms with E-state index in [-0.39, 0.29) is 50.7 Å². The topological polar surface area (TPSA) is 71.1 Å². The lowest BCUT2D eigenvalue weighted by molar-refractivity contribution is -0.297. The molecule has 6 nitrogen and oxygen atoms in total. The summed E-state index contributed by atoms with van der Waals surface area (Å²) >= 11 is 0. The van der Waals surface area contributed by atoms with E-state index in [0.29, 0.717) is 25.7 Å². The molecule has 0 aromatic heterocycles. The molecule has 6 aliphatic rings. The summed E-state index contributed by atoms with van der Waals surface area (Å²) in [5.74, 6) is -0.215. The Morgan fingerprint density at radius 1 is 0.927 bits per heavy atom. The van der Waals surface area contributed by atoms with Crippen LogP contribution in [0, 0.1) is 50.2 Å². The Kier molecular flexibility index (Phi) is 6.82. The van der Waals surface area contributed by atoms with Crippen LogP contribution in [0.2, 0.25) is 0 Å². The summed E-state index contributed by atoms with van der Waals surface area (Å²) in [4.78, 5) is 28.2. The maximum Gasteiger partial charge on any atom is 0.312 e. The molecule has 41 heavy (non-hydrogen) atoms. The number of esters is 1. The summed E-state index contributed by atoms with van der Waals surface area (Å²) in [6, 6.07) is 0. The van der Waals surface area contributed by atoms with Gasteiger partial charge in [0.2, 0.25) is 0 Å². The van der Waals surface area contributed by atoms with Crippen molar-refractivity contribution >= 4 is 11.8 Å². The van der Waals surface area contributed by atoms with Gasteiger partial charge in [0.1, 0.15) is 0 Å². The van der Waals surface area contributed by atoms with Crippen LogP contribution in [0.1, 0.15) is 106 Å². The fourth-order valence-corrected chi connectivity index (χ4v) is 11.9. The summed E-state index contributed by atoms with van der Waals surface area (Å²) in [5, 5.41) is 0. The standard InChI is InChI=1S/C35H54O6/c1-29(2)11-14-34(28(37)39-8)15-13-33(6)27(23(34)22-29)24(36)21-26-30(3)12-16-35(40-19-20-41-35)32(5,17-18-38-7)25(30)9-10-31(26,33)4/h21,23,25,27H,9-20,22H2,1-8H3/t23-,25+,27-,30-,31+,32-,33+,34-/m0/s1. The first-order valence-corrected chi connectivity index (χ1v) is 16.3. The van der Waals surface area contributed by atoms with Crippen LogP contribution in [0.5, 0.6) is 0 Å². The fraction of sp³-hybridized carbons (Fsp3) is 0.886. The number of carbonyl (C=O) groups is 2. The number of rotatable bonds is 4. The van der Waals surface area contributed by atoms with Crippen LogP contribution in [0.4, 0.5) is 0 Å². The van der Waals surface area contributed by atoms with Gasteiger partial charge in [-0.2, -0.15) is 0 Å². The van der Waals surface area contributed by atoms with Crippen LogP contribution in [0.3, 0.4) is 0 Å². The van der Waals surface area contributed by atoms with Crippen LogP contribution in [0.15, 0.2) is 11.6 Å². The lowest BCUT2D eigenvalue weighted by atomic mass is 9.33. The van der Waals surface area contributed by atoms with Gasteiger partial charge in [0.15, 0.2) is 11.6 Å².